The van der Waals surface area contributed by atoms with Crippen molar-refractivity contribution in [3.05, 3.63) is 0 Å². The Morgan fingerprint density at radius 3 is 2.67 bits per heavy atom. The van der Waals surface area contributed by atoms with E-state index >= 15 is 0 Å². The molecule has 2 heterocycles. The molecule has 0 spiro atoms. The molecular weight excluding hydrogens is 188 g/mol. The highest BCUT2D eigenvalue weighted by atomic mass is 16.5. The summed E-state index contributed by atoms with van der Waals surface area (Å²) < 4.78 is 5.78. The molecule has 3 heteroatoms. The van der Waals surface area contributed by atoms with Gasteiger partial charge in [-0.15, -0.1) is 0 Å². The van der Waals surface area contributed by atoms with Gasteiger partial charge in [0.25, 0.3) is 0 Å². The van der Waals surface area contributed by atoms with E-state index in [-0.39, 0.29) is 6.17 Å². The van der Waals surface area contributed by atoms with Crippen LogP contribution in [0.1, 0.15) is 51.4 Å². The van der Waals surface area contributed by atoms with E-state index in [1.807, 2.05) is 0 Å². The summed E-state index contributed by atoms with van der Waals surface area (Å²) in [6.07, 6.45) is 10.7. The maximum absolute atomic E-state index is 5.98. The molecular formula is C12H24N2O. The van der Waals surface area contributed by atoms with Gasteiger partial charge in [-0.1, -0.05) is 12.8 Å². The van der Waals surface area contributed by atoms with Crippen molar-refractivity contribution < 1.29 is 4.74 Å². The summed E-state index contributed by atoms with van der Waals surface area (Å²) in [6.45, 7) is 0.962. The molecule has 3 unspecified atom stereocenters. The second kappa shape index (κ2) is 5.83. The summed E-state index contributed by atoms with van der Waals surface area (Å²) >= 11 is 0. The Morgan fingerprint density at radius 2 is 1.87 bits per heavy atom. The zero-order valence-electron chi connectivity index (χ0n) is 9.58. The van der Waals surface area contributed by atoms with Gasteiger partial charge in [-0.2, -0.15) is 0 Å². The molecule has 0 bridgehead atoms. The van der Waals surface area contributed by atoms with Gasteiger partial charge in [0.05, 0.1) is 12.3 Å². The van der Waals surface area contributed by atoms with Crippen molar-refractivity contribution in [3.63, 3.8) is 0 Å². The lowest BCUT2D eigenvalue weighted by Gasteiger charge is -2.28. The molecule has 2 aliphatic heterocycles. The van der Waals surface area contributed by atoms with Gasteiger partial charge in [-0.3, -0.25) is 5.32 Å². The van der Waals surface area contributed by atoms with Gasteiger partial charge in [0.2, 0.25) is 0 Å². The van der Waals surface area contributed by atoms with E-state index in [1.165, 1.54) is 38.5 Å². The van der Waals surface area contributed by atoms with Crippen LogP contribution in [0.25, 0.3) is 0 Å². The van der Waals surface area contributed by atoms with Crippen molar-refractivity contribution in [2.45, 2.75) is 69.7 Å². The van der Waals surface area contributed by atoms with Crippen molar-refractivity contribution >= 4 is 0 Å². The third kappa shape index (κ3) is 3.74. The van der Waals surface area contributed by atoms with Crippen LogP contribution in [-0.4, -0.2) is 24.9 Å². The predicted octanol–water partition coefficient (Wildman–Crippen LogP) is 1.76. The predicted molar refractivity (Wildman–Crippen MR) is 61.6 cm³/mol. The Kier molecular flexibility index (Phi) is 4.42. The fraction of sp³-hybridized carbons (Fsp3) is 1.00. The first-order valence-electron chi connectivity index (χ1n) is 6.48. The summed E-state index contributed by atoms with van der Waals surface area (Å²) in [7, 11) is 0. The molecule has 3 N–H and O–H groups in total. The van der Waals surface area contributed by atoms with Crippen molar-refractivity contribution in [3.8, 4) is 0 Å². The van der Waals surface area contributed by atoms with Gasteiger partial charge >= 0.3 is 0 Å². The average molecular weight is 212 g/mol. The van der Waals surface area contributed by atoms with E-state index in [9.17, 15) is 0 Å². The first-order chi connectivity index (χ1) is 7.34. The first kappa shape index (κ1) is 11.4. The van der Waals surface area contributed by atoms with Gasteiger partial charge < -0.3 is 10.5 Å². The van der Waals surface area contributed by atoms with Gasteiger partial charge in [-0.05, 0) is 38.5 Å². The lowest BCUT2D eigenvalue weighted by Crippen LogP contribution is -2.44. The number of hydrogen-bond acceptors (Lipinski definition) is 3. The van der Waals surface area contributed by atoms with Crippen LogP contribution in [0.3, 0.4) is 0 Å². The monoisotopic (exact) mass is 212 g/mol. The third-order valence-corrected chi connectivity index (χ3v) is 3.59. The van der Waals surface area contributed by atoms with E-state index in [0.717, 1.165) is 19.4 Å². The maximum Gasteiger partial charge on any atom is 0.0590 e. The largest absolute Gasteiger partial charge is 0.378 e. The molecule has 0 aromatic carbocycles. The summed E-state index contributed by atoms with van der Waals surface area (Å²) in [5.41, 5.74) is 5.98. The number of nitrogens with one attached hydrogen (secondary N) is 1. The van der Waals surface area contributed by atoms with Gasteiger partial charge in [-0.25, -0.2) is 0 Å². The molecule has 88 valence electrons. The van der Waals surface area contributed by atoms with Crippen LogP contribution in [0.5, 0.6) is 0 Å². The molecule has 2 rings (SSSR count). The highest BCUT2D eigenvalue weighted by Gasteiger charge is 2.22. The second-order valence-electron chi connectivity index (χ2n) is 4.98. The quantitative estimate of drug-likeness (QED) is 0.733. The number of rotatable bonds is 2. The SMILES string of the molecule is NC1CCCCC(CC2CCCCO2)N1. The minimum Gasteiger partial charge on any atom is -0.378 e. The van der Waals surface area contributed by atoms with Crippen molar-refractivity contribution in [2.75, 3.05) is 6.61 Å². The van der Waals surface area contributed by atoms with E-state index in [4.69, 9.17) is 10.5 Å². The molecule has 0 aromatic heterocycles. The van der Waals surface area contributed by atoms with Crippen LogP contribution >= 0.6 is 0 Å². The molecule has 0 aromatic rings. The summed E-state index contributed by atoms with van der Waals surface area (Å²) in [4.78, 5) is 0. The van der Waals surface area contributed by atoms with Crippen LogP contribution in [0.2, 0.25) is 0 Å². The zero-order chi connectivity index (χ0) is 10.5. The molecule has 3 nitrogen and oxygen atoms in total. The summed E-state index contributed by atoms with van der Waals surface area (Å²) in [5.74, 6) is 0. The van der Waals surface area contributed by atoms with Gasteiger partial charge in [0, 0.05) is 12.6 Å². The Morgan fingerprint density at radius 1 is 1.07 bits per heavy atom. The topological polar surface area (TPSA) is 47.3 Å². The molecule has 3 atom stereocenters. The van der Waals surface area contributed by atoms with Crippen LogP contribution in [0.15, 0.2) is 0 Å². The molecule has 0 saturated carbocycles. The maximum atomic E-state index is 5.98. The Bertz CT molecular complexity index is 180. The summed E-state index contributed by atoms with van der Waals surface area (Å²) in [6, 6.07) is 0.589. The fourth-order valence-electron chi connectivity index (χ4n) is 2.72. The normalized spacial score (nSPS) is 38.6. The number of ether oxygens (including phenoxy) is 1. The van der Waals surface area contributed by atoms with Crippen molar-refractivity contribution in [1.82, 2.24) is 5.32 Å². The number of hydrogen-bond donors (Lipinski definition) is 2. The van der Waals surface area contributed by atoms with E-state index in [0.29, 0.717) is 12.1 Å². The smallest absolute Gasteiger partial charge is 0.0590 e. The average Bonchev–Trinajstić information content (AvgIpc) is 2.44. The Balaban J connectivity index is 1.76. The lowest BCUT2D eigenvalue weighted by molar-refractivity contribution is 0.00439. The van der Waals surface area contributed by atoms with Gasteiger partial charge in [0.1, 0.15) is 0 Å². The molecule has 0 amide bonds. The van der Waals surface area contributed by atoms with E-state index in [1.54, 1.807) is 0 Å². The van der Waals surface area contributed by atoms with E-state index < -0.39 is 0 Å². The summed E-state index contributed by atoms with van der Waals surface area (Å²) in [5, 5.41) is 3.52. The van der Waals surface area contributed by atoms with Crippen LogP contribution < -0.4 is 11.1 Å². The molecule has 15 heavy (non-hydrogen) atoms. The van der Waals surface area contributed by atoms with Crippen LogP contribution in [0, 0.1) is 0 Å². The molecule has 0 aliphatic carbocycles. The Hall–Kier alpha value is -0.120. The zero-order valence-corrected chi connectivity index (χ0v) is 9.58. The number of nitrogens with two attached hydrogens (primary N) is 1. The minimum atomic E-state index is 0.209. The van der Waals surface area contributed by atoms with E-state index in [2.05, 4.69) is 5.32 Å². The molecule has 0 radical (unpaired) electrons. The fourth-order valence-corrected chi connectivity index (χ4v) is 2.72. The molecule has 2 saturated heterocycles. The second-order valence-corrected chi connectivity index (χ2v) is 4.98. The van der Waals surface area contributed by atoms with Crippen LogP contribution in [-0.2, 0) is 4.74 Å². The first-order valence-corrected chi connectivity index (χ1v) is 6.48. The molecule has 2 fully saturated rings. The standard InChI is InChI=1S/C12H24N2O/c13-12-7-2-1-5-10(14-12)9-11-6-3-4-8-15-11/h10-12,14H,1-9,13H2. The lowest BCUT2D eigenvalue weighted by atomic mass is 9.99. The van der Waals surface area contributed by atoms with Crippen LogP contribution in [0.4, 0.5) is 0 Å². The van der Waals surface area contributed by atoms with Crippen molar-refractivity contribution in [2.24, 2.45) is 5.73 Å². The molecule has 2 aliphatic rings. The Labute approximate surface area is 92.7 Å². The minimum absolute atomic E-state index is 0.209. The van der Waals surface area contributed by atoms with Crippen molar-refractivity contribution in [1.29, 1.82) is 0 Å². The van der Waals surface area contributed by atoms with Gasteiger partial charge in [0.15, 0.2) is 0 Å². The highest BCUT2D eigenvalue weighted by Crippen LogP contribution is 2.21. The third-order valence-electron chi connectivity index (χ3n) is 3.59. The highest BCUT2D eigenvalue weighted by molar-refractivity contribution is 4.79.